The van der Waals surface area contributed by atoms with Crippen molar-refractivity contribution in [3.8, 4) is 0 Å². The third-order valence-electron chi connectivity index (χ3n) is 1.88. The number of fused-ring (bicyclic) bond motifs is 1. The van der Waals surface area contributed by atoms with Gasteiger partial charge in [0, 0.05) is 14.1 Å². The van der Waals surface area contributed by atoms with E-state index in [0.717, 1.165) is 11.3 Å². The minimum atomic E-state index is 0.388. The molecule has 14 heavy (non-hydrogen) atoms. The van der Waals surface area contributed by atoms with Gasteiger partial charge in [0.2, 0.25) is 0 Å². The Balaban J connectivity index is 2.70. The maximum atomic E-state index is 5.90. The first-order chi connectivity index (χ1) is 6.68. The van der Waals surface area contributed by atoms with Crippen molar-refractivity contribution in [1.82, 2.24) is 15.0 Å². The molecule has 4 nitrogen and oxygen atoms in total. The van der Waals surface area contributed by atoms with E-state index in [1.807, 2.05) is 31.1 Å². The third-order valence-corrected chi connectivity index (χ3v) is 2.16. The Morgan fingerprint density at radius 3 is 2.71 bits per heavy atom. The van der Waals surface area contributed by atoms with E-state index in [4.69, 9.17) is 11.6 Å². The molecule has 2 heterocycles. The molecule has 0 bridgehead atoms. The normalized spacial score (nSPS) is 10.5. The van der Waals surface area contributed by atoms with Gasteiger partial charge in [-0.05, 0) is 12.1 Å². The average molecular weight is 209 g/mol. The van der Waals surface area contributed by atoms with E-state index in [-0.39, 0.29) is 0 Å². The van der Waals surface area contributed by atoms with E-state index in [2.05, 4.69) is 15.0 Å². The number of pyridine rings is 1. The highest BCUT2D eigenvalue weighted by Gasteiger charge is 2.04. The maximum Gasteiger partial charge on any atom is 0.158 e. The summed E-state index contributed by atoms with van der Waals surface area (Å²) in [5.41, 5.74) is 1.40. The summed E-state index contributed by atoms with van der Waals surface area (Å²) in [7, 11) is 3.84. The summed E-state index contributed by atoms with van der Waals surface area (Å²) in [6, 6.07) is 3.77. The predicted octanol–water partition coefficient (Wildman–Crippen LogP) is 1.74. The Morgan fingerprint density at radius 2 is 2.00 bits per heavy atom. The molecule has 0 spiro atoms. The van der Waals surface area contributed by atoms with Crippen molar-refractivity contribution in [2.75, 3.05) is 19.0 Å². The molecule has 0 aliphatic carbocycles. The fourth-order valence-corrected chi connectivity index (χ4v) is 1.33. The molecule has 0 aromatic carbocycles. The first-order valence-electron chi connectivity index (χ1n) is 4.13. The second-order valence-corrected chi connectivity index (χ2v) is 3.45. The summed E-state index contributed by atoms with van der Waals surface area (Å²) >= 11 is 5.90. The van der Waals surface area contributed by atoms with Gasteiger partial charge >= 0.3 is 0 Å². The second-order valence-electron chi connectivity index (χ2n) is 3.10. The molecule has 0 aliphatic heterocycles. The molecule has 0 fully saturated rings. The quantitative estimate of drug-likeness (QED) is 0.670. The molecule has 2 rings (SSSR count). The molecule has 0 saturated heterocycles. The van der Waals surface area contributed by atoms with Crippen molar-refractivity contribution in [2.45, 2.75) is 0 Å². The van der Waals surface area contributed by atoms with Crippen LogP contribution in [0.5, 0.6) is 0 Å². The predicted molar refractivity (Wildman–Crippen MR) is 56.7 cm³/mol. The van der Waals surface area contributed by atoms with Crippen LogP contribution in [0.25, 0.3) is 11.0 Å². The van der Waals surface area contributed by atoms with Gasteiger partial charge in [-0.3, -0.25) is 0 Å². The molecule has 0 radical (unpaired) electrons. The van der Waals surface area contributed by atoms with Crippen molar-refractivity contribution < 1.29 is 0 Å². The molecule has 5 heteroatoms. The fraction of sp³-hybridized carbons (Fsp3) is 0.222. The van der Waals surface area contributed by atoms with Gasteiger partial charge in [-0.15, -0.1) is 0 Å². The highest BCUT2D eigenvalue weighted by Crippen LogP contribution is 2.19. The van der Waals surface area contributed by atoms with Crippen LogP contribution < -0.4 is 4.90 Å². The smallest absolute Gasteiger partial charge is 0.158 e. The van der Waals surface area contributed by atoms with Crippen LogP contribution in [0.4, 0.5) is 5.82 Å². The topological polar surface area (TPSA) is 41.9 Å². The van der Waals surface area contributed by atoms with Crippen molar-refractivity contribution >= 4 is 28.5 Å². The van der Waals surface area contributed by atoms with Crippen LogP contribution in [0.15, 0.2) is 18.5 Å². The molecule has 0 aliphatic rings. The zero-order valence-electron chi connectivity index (χ0n) is 7.90. The highest BCUT2D eigenvalue weighted by atomic mass is 35.5. The average Bonchev–Trinajstić information content (AvgIpc) is 2.18. The first kappa shape index (κ1) is 9.15. The van der Waals surface area contributed by atoms with Crippen LogP contribution in [-0.2, 0) is 0 Å². The van der Waals surface area contributed by atoms with E-state index >= 15 is 0 Å². The summed E-state index contributed by atoms with van der Waals surface area (Å²) in [4.78, 5) is 14.2. The Kier molecular flexibility index (Phi) is 2.21. The Labute approximate surface area is 86.6 Å². The van der Waals surface area contributed by atoms with Gasteiger partial charge in [0.15, 0.2) is 5.15 Å². The van der Waals surface area contributed by atoms with Crippen molar-refractivity contribution in [3.05, 3.63) is 23.6 Å². The summed E-state index contributed by atoms with van der Waals surface area (Å²) in [6.45, 7) is 0. The molecule has 0 saturated carbocycles. The lowest BCUT2D eigenvalue weighted by molar-refractivity contribution is 1.07. The van der Waals surface area contributed by atoms with E-state index in [1.54, 1.807) is 0 Å². The molecule has 0 atom stereocenters. The zero-order valence-corrected chi connectivity index (χ0v) is 8.65. The molecule has 0 amide bonds. The van der Waals surface area contributed by atoms with Crippen molar-refractivity contribution in [2.24, 2.45) is 0 Å². The first-order valence-corrected chi connectivity index (χ1v) is 4.51. The summed E-state index contributed by atoms with van der Waals surface area (Å²) in [5, 5.41) is 0.388. The van der Waals surface area contributed by atoms with Gasteiger partial charge in [-0.2, -0.15) is 0 Å². The molecule has 2 aromatic heterocycles. The largest absolute Gasteiger partial charge is 0.363 e. The van der Waals surface area contributed by atoms with Crippen LogP contribution in [0.2, 0.25) is 5.15 Å². The van der Waals surface area contributed by atoms with Gasteiger partial charge in [-0.25, -0.2) is 15.0 Å². The van der Waals surface area contributed by atoms with E-state index in [9.17, 15) is 0 Å². The van der Waals surface area contributed by atoms with Gasteiger partial charge in [0.05, 0.1) is 5.52 Å². The number of nitrogens with zero attached hydrogens (tertiary/aromatic N) is 4. The van der Waals surface area contributed by atoms with Gasteiger partial charge in [0.1, 0.15) is 17.7 Å². The van der Waals surface area contributed by atoms with E-state index in [0.29, 0.717) is 10.7 Å². The van der Waals surface area contributed by atoms with Crippen LogP contribution in [-0.4, -0.2) is 29.0 Å². The number of hydrogen-bond acceptors (Lipinski definition) is 4. The Morgan fingerprint density at radius 1 is 1.21 bits per heavy atom. The summed E-state index contributed by atoms with van der Waals surface area (Å²) < 4.78 is 0. The molecular weight excluding hydrogens is 200 g/mol. The number of anilines is 1. The lowest BCUT2D eigenvalue weighted by atomic mass is 10.3. The number of aromatic nitrogens is 3. The lowest BCUT2D eigenvalue weighted by Gasteiger charge is -2.11. The van der Waals surface area contributed by atoms with Gasteiger partial charge < -0.3 is 4.90 Å². The lowest BCUT2D eigenvalue weighted by Crippen LogP contribution is -2.10. The molecule has 72 valence electrons. The Bertz CT molecular complexity index is 469. The van der Waals surface area contributed by atoms with Crippen LogP contribution in [0, 0.1) is 0 Å². The number of hydrogen-bond donors (Lipinski definition) is 0. The van der Waals surface area contributed by atoms with Crippen molar-refractivity contribution in [3.63, 3.8) is 0 Å². The fourth-order valence-electron chi connectivity index (χ4n) is 1.15. The minimum absolute atomic E-state index is 0.388. The second kappa shape index (κ2) is 3.38. The maximum absolute atomic E-state index is 5.90. The number of rotatable bonds is 1. The molecule has 0 N–H and O–H groups in total. The van der Waals surface area contributed by atoms with Gasteiger partial charge in [0.25, 0.3) is 0 Å². The molecular formula is C9H9ClN4. The third kappa shape index (κ3) is 1.48. The minimum Gasteiger partial charge on any atom is -0.363 e. The highest BCUT2D eigenvalue weighted by molar-refractivity contribution is 6.33. The molecule has 2 aromatic rings. The van der Waals surface area contributed by atoms with E-state index in [1.165, 1.54) is 6.33 Å². The number of halogens is 1. The standard InChI is InChI=1S/C9H9ClN4/c1-14(2)7-4-3-6-8(13-7)9(10)12-5-11-6/h3-5H,1-2H3. The summed E-state index contributed by atoms with van der Waals surface area (Å²) in [5.74, 6) is 0.842. The summed E-state index contributed by atoms with van der Waals surface area (Å²) in [6.07, 6.45) is 1.43. The molecule has 0 unspecified atom stereocenters. The monoisotopic (exact) mass is 208 g/mol. The van der Waals surface area contributed by atoms with Gasteiger partial charge in [-0.1, -0.05) is 11.6 Å². The Hall–Kier alpha value is -1.42. The van der Waals surface area contributed by atoms with Crippen LogP contribution in [0.3, 0.4) is 0 Å². The van der Waals surface area contributed by atoms with Crippen LogP contribution >= 0.6 is 11.6 Å². The van der Waals surface area contributed by atoms with Crippen LogP contribution in [0.1, 0.15) is 0 Å². The SMILES string of the molecule is CN(C)c1ccc2ncnc(Cl)c2n1. The van der Waals surface area contributed by atoms with Crippen molar-refractivity contribution in [1.29, 1.82) is 0 Å². The van der Waals surface area contributed by atoms with E-state index < -0.39 is 0 Å². The zero-order chi connectivity index (χ0) is 10.1.